The van der Waals surface area contributed by atoms with E-state index in [-0.39, 0.29) is 27.4 Å². The molecule has 0 spiro atoms. The van der Waals surface area contributed by atoms with Crippen molar-refractivity contribution in [3.63, 3.8) is 0 Å². The fourth-order valence-electron chi connectivity index (χ4n) is 3.85. The molecule has 4 rings (SSSR count). The molecule has 1 aromatic heterocycles. The molecule has 0 aliphatic carbocycles. The van der Waals surface area contributed by atoms with Crippen LogP contribution in [0.2, 0.25) is 10.0 Å². The number of nitrogens with one attached hydrogen (secondary N) is 1. The number of benzene rings is 2. The molecule has 2 heterocycles. The van der Waals surface area contributed by atoms with Crippen LogP contribution in [0, 0.1) is 11.3 Å². The molecular formula is C23H19Cl2N5O5. The van der Waals surface area contributed by atoms with Gasteiger partial charge < -0.3 is 9.47 Å². The van der Waals surface area contributed by atoms with Gasteiger partial charge in [-0.15, -0.1) is 5.10 Å². The monoisotopic (exact) mass is 515 g/mol. The molecule has 180 valence electrons. The van der Waals surface area contributed by atoms with Crippen molar-refractivity contribution in [2.75, 3.05) is 6.61 Å². The molecule has 2 atom stereocenters. The lowest BCUT2D eigenvalue weighted by Gasteiger charge is -2.40. The smallest absolute Gasteiger partial charge is 0.349 e. The van der Waals surface area contributed by atoms with Crippen LogP contribution in [0.5, 0.6) is 5.75 Å². The molecule has 1 aliphatic heterocycles. The first-order chi connectivity index (χ1) is 16.7. The lowest BCUT2D eigenvalue weighted by molar-refractivity contribution is -0.0911. The van der Waals surface area contributed by atoms with Crippen LogP contribution >= 0.6 is 23.2 Å². The molecule has 0 radical (unpaired) electrons. The van der Waals surface area contributed by atoms with Gasteiger partial charge in [-0.05, 0) is 37.6 Å². The SMILES string of the molecule is CCOC(C)N1C(=O)c2ccccc2CC1Oc1c(Cl)cc(-n2nc(C#N)c(=O)[nH]c2=O)cc1Cl. The molecule has 12 heteroatoms. The molecule has 1 N–H and O–H groups in total. The Morgan fingerprint density at radius 3 is 2.57 bits per heavy atom. The number of carbonyl (C=O) groups excluding carboxylic acids is 1. The maximum Gasteiger partial charge on any atom is 0.349 e. The molecule has 10 nitrogen and oxygen atoms in total. The zero-order valence-corrected chi connectivity index (χ0v) is 20.1. The van der Waals surface area contributed by atoms with Gasteiger partial charge in [-0.2, -0.15) is 9.94 Å². The number of aromatic nitrogens is 3. The van der Waals surface area contributed by atoms with Gasteiger partial charge in [0.05, 0.1) is 15.7 Å². The minimum absolute atomic E-state index is 0.0289. The average Bonchev–Trinajstić information content (AvgIpc) is 2.81. The van der Waals surface area contributed by atoms with E-state index in [2.05, 4.69) is 5.10 Å². The van der Waals surface area contributed by atoms with E-state index >= 15 is 0 Å². The number of ether oxygens (including phenoxy) is 2. The summed E-state index contributed by atoms with van der Waals surface area (Å²) in [6.07, 6.45) is -1.00. The second kappa shape index (κ2) is 9.92. The number of fused-ring (bicyclic) bond motifs is 1. The second-order valence-corrected chi connectivity index (χ2v) is 8.39. The van der Waals surface area contributed by atoms with Crippen LogP contribution < -0.4 is 16.0 Å². The first-order valence-electron chi connectivity index (χ1n) is 10.6. The van der Waals surface area contributed by atoms with Crippen molar-refractivity contribution in [1.29, 1.82) is 5.26 Å². The van der Waals surface area contributed by atoms with Crippen LogP contribution in [0.15, 0.2) is 46.0 Å². The van der Waals surface area contributed by atoms with Gasteiger partial charge in [-0.25, -0.2) is 4.79 Å². The average molecular weight is 516 g/mol. The third-order valence-corrected chi connectivity index (χ3v) is 5.96. The fraction of sp³-hybridized carbons (Fsp3) is 0.261. The van der Waals surface area contributed by atoms with E-state index in [4.69, 9.17) is 37.9 Å². The van der Waals surface area contributed by atoms with Crippen LogP contribution in [0.25, 0.3) is 5.69 Å². The van der Waals surface area contributed by atoms with Crippen molar-refractivity contribution in [3.8, 4) is 17.5 Å². The molecular weight excluding hydrogens is 497 g/mol. The predicted octanol–water partition coefficient (Wildman–Crippen LogP) is 2.89. The van der Waals surface area contributed by atoms with E-state index in [0.29, 0.717) is 18.6 Å². The first-order valence-corrected chi connectivity index (χ1v) is 11.3. The lowest BCUT2D eigenvalue weighted by Crippen LogP contribution is -2.53. The van der Waals surface area contributed by atoms with Crippen LogP contribution in [-0.2, 0) is 11.2 Å². The number of halogens is 2. The highest BCUT2D eigenvalue weighted by Crippen LogP contribution is 2.38. The Bertz CT molecular complexity index is 1440. The Balaban J connectivity index is 1.73. The van der Waals surface area contributed by atoms with E-state index < -0.39 is 29.4 Å². The largest absolute Gasteiger partial charge is 0.467 e. The molecule has 1 aliphatic rings. The molecule has 0 bridgehead atoms. The summed E-state index contributed by atoms with van der Waals surface area (Å²) in [5, 5.41) is 12.9. The van der Waals surface area contributed by atoms with Crippen molar-refractivity contribution >= 4 is 29.1 Å². The lowest BCUT2D eigenvalue weighted by atomic mass is 9.97. The number of amides is 1. The normalized spacial score (nSPS) is 15.9. The van der Waals surface area contributed by atoms with Crippen molar-refractivity contribution in [2.24, 2.45) is 0 Å². The molecule has 0 saturated heterocycles. The van der Waals surface area contributed by atoms with Crippen molar-refractivity contribution in [3.05, 3.63) is 84.1 Å². The summed E-state index contributed by atoms with van der Waals surface area (Å²) in [6.45, 7) is 3.96. The zero-order valence-electron chi connectivity index (χ0n) is 18.6. The van der Waals surface area contributed by atoms with Gasteiger partial charge in [0.15, 0.2) is 12.0 Å². The summed E-state index contributed by atoms with van der Waals surface area (Å²) in [5.74, 6) is -0.171. The fourth-order valence-corrected chi connectivity index (χ4v) is 4.41. The Kier molecular flexibility index (Phi) is 6.93. The maximum absolute atomic E-state index is 13.3. The van der Waals surface area contributed by atoms with Gasteiger partial charge in [0.25, 0.3) is 11.5 Å². The third-order valence-electron chi connectivity index (χ3n) is 5.40. The quantitative estimate of drug-likeness (QED) is 0.533. The number of hydrogen-bond acceptors (Lipinski definition) is 7. The van der Waals surface area contributed by atoms with Crippen LogP contribution in [-0.4, -0.2) is 44.6 Å². The van der Waals surface area contributed by atoms with E-state index in [1.807, 2.05) is 24.0 Å². The standard InChI is InChI=1S/C23H19Cl2N5O5/c1-3-34-12(2)29-19(8-13-6-4-5-7-15(13)22(29)32)35-20-16(24)9-14(10-17(20)25)30-23(33)27-21(31)18(11-26)28-30/h4-7,9-10,12,19H,3,8H2,1-2H3,(H,27,31,33). The van der Waals surface area contributed by atoms with Crippen molar-refractivity contribution in [2.45, 2.75) is 32.7 Å². The number of rotatable bonds is 6. The molecule has 0 saturated carbocycles. The van der Waals surface area contributed by atoms with E-state index in [1.54, 1.807) is 25.1 Å². The van der Waals surface area contributed by atoms with Gasteiger partial charge in [-0.3, -0.25) is 19.5 Å². The second-order valence-electron chi connectivity index (χ2n) is 7.57. The number of nitriles is 1. The Morgan fingerprint density at radius 1 is 1.23 bits per heavy atom. The number of H-pyrrole nitrogens is 1. The highest BCUT2D eigenvalue weighted by molar-refractivity contribution is 6.37. The van der Waals surface area contributed by atoms with Gasteiger partial charge in [0.2, 0.25) is 5.69 Å². The van der Waals surface area contributed by atoms with E-state index in [1.165, 1.54) is 17.0 Å². The maximum atomic E-state index is 13.3. The zero-order chi connectivity index (χ0) is 25.3. The van der Waals surface area contributed by atoms with E-state index in [0.717, 1.165) is 10.2 Å². The van der Waals surface area contributed by atoms with E-state index in [9.17, 15) is 14.4 Å². The van der Waals surface area contributed by atoms with Gasteiger partial charge in [-0.1, -0.05) is 41.4 Å². The number of aromatic amines is 1. The summed E-state index contributed by atoms with van der Waals surface area (Å²) < 4.78 is 12.6. The van der Waals surface area contributed by atoms with Crippen LogP contribution in [0.4, 0.5) is 0 Å². The first kappa shape index (κ1) is 24.5. The molecule has 0 fully saturated rings. The molecule has 35 heavy (non-hydrogen) atoms. The minimum Gasteiger partial charge on any atom is -0.467 e. The summed E-state index contributed by atoms with van der Waals surface area (Å²) >= 11 is 12.9. The number of nitrogens with zero attached hydrogens (tertiary/aromatic N) is 4. The Labute approximate surface area is 209 Å². The summed E-state index contributed by atoms with van der Waals surface area (Å²) in [6, 6.07) is 11.5. The van der Waals surface area contributed by atoms with Gasteiger partial charge in [0, 0.05) is 18.6 Å². The number of hydrogen-bond donors (Lipinski definition) is 1. The topological polar surface area (TPSA) is 130 Å². The molecule has 2 unspecified atom stereocenters. The summed E-state index contributed by atoms with van der Waals surface area (Å²) in [4.78, 5) is 40.6. The predicted molar refractivity (Wildman–Crippen MR) is 127 cm³/mol. The van der Waals surface area contributed by atoms with Crippen molar-refractivity contribution < 1.29 is 14.3 Å². The molecule has 2 aromatic carbocycles. The van der Waals surface area contributed by atoms with Crippen LogP contribution in [0.1, 0.15) is 35.5 Å². The van der Waals surface area contributed by atoms with Gasteiger partial charge >= 0.3 is 5.69 Å². The summed E-state index contributed by atoms with van der Waals surface area (Å²) in [5.41, 5.74) is -0.813. The van der Waals surface area contributed by atoms with Crippen LogP contribution in [0.3, 0.4) is 0 Å². The Hall–Kier alpha value is -3.65. The molecule has 1 amide bonds. The molecule has 3 aromatic rings. The number of carbonyl (C=O) groups is 1. The third kappa shape index (κ3) is 4.66. The highest BCUT2D eigenvalue weighted by atomic mass is 35.5. The minimum atomic E-state index is -0.906. The van der Waals surface area contributed by atoms with Crippen molar-refractivity contribution in [1.82, 2.24) is 19.7 Å². The summed E-state index contributed by atoms with van der Waals surface area (Å²) in [7, 11) is 0. The van der Waals surface area contributed by atoms with Gasteiger partial charge in [0.1, 0.15) is 12.3 Å². The highest BCUT2D eigenvalue weighted by Gasteiger charge is 2.37. The Morgan fingerprint density at radius 2 is 1.91 bits per heavy atom.